The van der Waals surface area contributed by atoms with Crippen molar-refractivity contribution in [3.05, 3.63) is 33.8 Å². The Morgan fingerprint density at radius 1 is 1.35 bits per heavy atom. The monoisotopic (exact) mass is 295 g/mol. The van der Waals surface area contributed by atoms with Gasteiger partial charge >= 0.3 is 0 Å². The van der Waals surface area contributed by atoms with Crippen LogP contribution in [0.4, 0.5) is 0 Å². The smallest absolute Gasteiger partial charge is 0.0348 e. The summed E-state index contributed by atoms with van der Waals surface area (Å²) in [5, 5.41) is 3.67. The molecule has 1 atom stereocenters. The van der Waals surface area contributed by atoms with E-state index in [4.69, 9.17) is 0 Å². The van der Waals surface area contributed by atoms with Crippen LogP contribution in [0.3, 0.4) is 0 Å². The first-order valence-electron chi connectivity index (χ1n) is 6.71. The molecule has 2 heteroatoms. The van der Waals surface area contributed by atoms with Crippen LogP contribution in [0, 0.1) is 12.8 Å². The largest absolute Gasteiger partial charge is 0.310 e. The summed E-state index contributed by atoms with van der Waals surface area (Å²) in [5.41, 5.74) is 2.79. The van der Waals surface area contributed by atoms with E-state index in [1.807, 2.05) is 0 Å². The third-order valence-corrected chi connectivity index (χ3v) is 4.73. The summed E-state index contributed by atoms with van der Waals surface area (Å²) < 4.78 is 1.21. The molecular formula is C15H22BrN. The van der Waals surface area contributed by atoms with Crippen molar-refractivity contribution in [2.75, 3.05) is 6.54 Å². The summed E-state index contributed by atoms with van der Waals surface area (Å²) in [6, 6.07) is 7.33. The number of rotatable bonds is 4. The van der Waals surface area contributed by atoms with Gasteiger partial charge in [-0.1, -0.05) is 47.8 Å². The third kappa shape index (κ3) is 3.11. The molecule has 1 aromatic carbocycles. The van der Waals surface area contributed by atoms with E-state index in [1.54, 1.807) is 0 Å². The molecule has 0 aliphatic heterocycles. The number of nitrogens with one attached hydrogen (secondary N) is 1. The van der Waals surface area contributed by atoms with Gasteiger partial charge in [-0.25, -0.2) is 0 Å². The number of aryl methyl sites for hydroxylation is 1. The van der Waals surface area contributed by atoms with Crippen molar-refractivity contribution in [3.8, 4) is 0 Å². The molecule has 0 saturated heterocycles. The van der Waals surface area contributed by atoms with Gasteiger partial charge in [-0.15, -0.1) is 0 Å². The lowest BCUT2D eigenvalue weighted by Crippen LogP contribution is -2.27. The summed E-state index contributed by atoms with van der Waals surface area (Å²) in [7, 11) is 0. The van der Waals surface area contributed by atoms with E-state index < -0.39 is 0 Å². The van der Waals surface area contributed by atoms with Gasteiger partial charge in [0.1, 0.15) is 0 Å². The van der Waals surface area contributed by atoms with Crippen molar-refractivity contribution < 1.29 is 0 Å². The van der Waals surface area contributed by atoms with Crippen molar-refractivity contribution in [2.45, 2.75) is 45.6 Å². The first kappa shape index (κ1) is 13.1. The highest BCUT2D eigenvalue weighted by molar-refractivity contribution is 9.10. The molecule has 1 aliphatic rings. The zero-order valence-electron chi connectivity index (χ0n) is 10.8. The summed E-state index contributed by atoms with van der Waals surface area (Å²) in [4.78, 5) is 0. The predicted molar refractivity (Wildman–Crippen MR) is 77.3 cm³/mol. The maximum Gasteiger partial charge on any atom is 0.0348 e. The normalized spacial score (nSPS) is 18.5. The molecule has 1 saturated carbocycles. The number of halogens is 1. The van der Waals surface area contributed by atoms with Crippen molar-refractivity contribution >= 4 is 15.9 Å². The molecule has 0 bridgehead atoms. The van der Waals surface area contributed by atoms with Crippen LogP contribution in [0.15, 0.2) is 22.7 Å². The molecule has 17 heavy (non-hydrogen) atoms. The Morgan fingerprint density at radius 3 is 2.65 bits per heavy atom. The molecule has 0 radical (unpaired) electrons. The molecular weight excluding hydrogens is 274 g/mol. The lowest BCUT2D eigenvalue weighted by molar-refractivity contribution is 0.374. The van der Waals surface area contributed by atoms with Gasteiger partial charge in [0.2, 0.25) is 0 Å². The Hall–Kier alpha value is -0.340. The minimum absolute atomic E-state index is 0.550. The first-order chi connectivity index (χ1) is 8.22. The zero-order chi connectivity index (χ0) is 12.3. The summed E-state index contributed by atoms with van der Waals surface area (Å²) in [6.07, 6.45) is 5.57. The van der Waals surface area contributed by atoms with Crippen LogP contribution < -0.4 is 5.32 Å². The van der Waals surface area contributed by atoms with E-state index in [0.717, 1.165) is 12.5 Å². The Balaban J connectivity index is 2.21. The van der Waals surface area contributed by atoms with E-state index >= 15 is 0 Å². The van der Waals surface area contributed by atoms with Gasteiger partial charge in [-0.05, 0) is 49.4 Å². The average molecular weight is 296 g/mol. The van der Waals surface area contributed by atoms with Gasteiger partial charge < -0.3 is 5.32 Å². The summed E-state index contributed by atoms with van der Waals surface area (Å²) in [6.45, 7) is 5.43. The van der Waals surface area contributed by atoms with Crippen molar-refractivity contribution in [1.29, 1.82) is 0 Å². The maximum atomic E-state index is 3.67. The van der Waals surface area contributed by atoms with Crippen molar-refractivity contribution in [3.63, 3.8) is 0 Å². The first-order valence-corrected chi connectivity index (χ1v) is 7.51. The van der Waals surface area contributed by atoms with E-state index in [2.05, 4.69) is 53.3 Å². The molecule has 1 aliphatic carbocycles. The lowest BCUT2D eigenvalue weighted by atomic mass is 9.91. The topological polar surface area (TPSA) is 12.0 Å². The Morgan fingerprint density at radius 2 is 2.06 bits per heavy atom. The van der Waals surface area contributed by atoms with Crippen molar-refractivity contribution in [2.24, 2.45) is 5.92 Å². The highest BCUT2D eigenvalue weighted by atomic mass is 79.9. The lowest BCUT2D eigenvalue weighted by Gasteiger charge is -2.25. The number of hydrogen-bond acceptors (Lipinski definition) is 1. The van der Waals surface area contributed by atoms with Crippen LogP contribution in [-0.2, 0) is 0 Å². The number of benzene rings is 1. The fourth-order valence-electron chi connectivity index (χ4n) is 2.93. The minimum atomic E-state index is 0.550. The van der Waals surface area contributed by atoms with Gasteiger partial charge in [0.25, 0.3) is 0 Å². The molecule has 0 amide bonds. The van der Waals surface area contributed by atoms with Gasteiger partial charge in [-0.3, -0.25) is 0 Å². The van der Waals surface area contributed by atoms with Gasteiger partial charge in [-0.2, -0.15) is 0 Å². The minimum Gasteiger partial charge on any atom is -0.310 e. The molecule has 1 unspecified atom stereocenters. The highest BCUT2D eigenvalue weighted by Gasteiger charge is 2.25. The zero-order valence-corrected chi connectivity index (χ0v) is 12.4. The Labute approximate surface area is 113 Å². The van der Waals surface area contributed by atoms with Gasteiger partial charge in [0.05, 0.1) is 0 Å². The van der Waals surface area contributed by atoms with Crippen LogP contribution in [0.5, 0.6) is 0 Å². The van der Waals surface area contributed by atoms with E-state index in [0.29, 0.717) is 6.04 Å². The van der Waals surface area contributed by atoms with Crippen LogP contribution in [0.25, 0.3) is 0 Å². The van der Waals surface area contributed by atoms with Crippen LogP contribution in [0.1, 0.15) is 49.8 Å². The fourth-order valence-corrected chi connectivity index (χ4v) is 3.18. The van der Waals surface area contributed by atoms with Gasteiger partial charge in [0.15, 0.2) is 0 Å². The number of hydrogen-bond donors (Lipinski definition) is 1. The fraction of sp³-hybridized carbons (Fsp3) is 0.600. The molecule has 0 heterocycles. The second-order valence-corrected chi connectivity index (χ2v) is 5.94. The second-order valence-electron chi connectivity index (χ2n) is 5.09. The van der Waals surface area contributed by atoms with E-state index in [9.17, 15) is 0 Å². The van der Waals surface area contributed by atoms with E-state index in [-0.39, 0.29) is 0 Å². The van der Waals surface area contributed by atoms with E-state index in [1.165, 1.54) is 41.3 Å². The molecule has 0 aromatic heterocycles. The van der Waals surface area contributed by atoms with Crippen molar-refractivity contribution in [1.82, 2.24) is 5.32 Å². The molecule has 1 fully saturated rings. The Kier molecular flexibility index (Phi) is 4.63. The third-order valence-electron chi connectivity index (χ3n) is 3.84. The summed E-state index contributed by atoms with van der Waals surface area (Å²) >= 11 is 3.58. The quantitative estimate of drug-likeness (QED) is 0.856. The van der Waals surface area contributed by atoms with Crippen LogP contribution in [-0.4, -0.2) is 6.54 Å². The molecule has 1 nitrogen and oxygen atoms in total. The SMILES string of the molecule is CCNC(c1ccc(Br)c(C)c1)C1CCCC1. The highest BCUT2D eigenvalue weighted by Crippen LogP contribution is 2.36. The van der Waals surface area contributed by atoms with Crippen LogP contribution >= 0.6 is 15.9 Å². The molecule has 1 aromatic rings. The molecule has 94 valence electrons. The van der Waals surface area contributed by atoms with Crippen LogP contribution in [0.2, 0.25) is 0 Å². The Bertz CT molecular complexity index is 369. The molecule has 2 rings (SSSR count). The second kappa shape index (κ2) is 6.01. The summed E-state index contributed by atoms with van der Waals surface area (Å²) in [5.74, 6) is 0.829. The standard InChI is InChI=1S/C15H22BrN/c1-3-17-15(12-6-4-5-7-12)13-8-9-14(16)11(2)10-13/h8-10,12,15,17H,3-7H2,1-2H3. The maximum absolute atomic E-state index is 3.67. The average Bonchev–Trinajstić information content (AvgIpc) is 2.83. The molecule has 0 spiro atoms. The molecule has 1 N–H and O–H groups in total. The van der Waals surface area contributed by atoms with Gasteiger partial charge in [0, 0.05) is 10.5 Å². The predicted octanol–water partition coefficient (Wildman–Crippen LogP) is 4.60.